The molecule has 2 aromatic carbocycles. The zero-order chi connectivity index (χ0) is 22.5. The van der Waals surface area contributed by atoms with Crippen LogP contribution in [0.15, 0.2) is 54.6 Å². The molecule has 0 saturated carbocycles. The van der Waals surface area contributed by atoms with Crippen LogP contribution >= 0.6 is 0 Å². The molecule has 0 radical (unpaired) electrons. The van der Waals surface area contributed by atoms with Crippen LogP contribution in [0.1, 0.15) is 10.4 Å². The Hall–Kier alpha value is -4.21. The number of methoxy groups -OCH3 is 2. The molecular formula is C22H20FN5O4. The predicted octanol–water partition coefficient (Wildman–Crippen LogP) is 2.76. The molecule has 0 unspecified atom stereocenters. The summed E-state index contributed by atoms with van der Waals surface area (Å²) in [4.78, 5) is 12.5. The van der Waals surface area contributed by atoms with Gasteiger partial charge in [0.2, 0.25) is 5.88 Å². The van der Waals surface area contributed by atoms with Gasteiger partial charge in [-0.05, 0) is 42.5 Å². The van der Waals surface area contributed by atoms with Gasteiger partial charge in [0.05, 0.1) is 26.3 Å². The van der Waals surface area contributed by atoms with Gasteiger partial charge in [0.15, 0.2) is 11.5 Å². The molecule has 4 rings (SSSR count). The highest BCUT2D eigenvalue weighted by atomic mass is 19.1. The highest BCUT2D eigenvalue weighted by Gasteiger charge is 2.14. The third kappa shape index (κ3) is 4.43. The van der Waals surface area contributed by atoms with Crippen LogP contribution in [0.5, 0.6) is 17.4 Å². The van der Waals surface area contributed by atoms with E-state index in [4.69, 9.17) is 14.2 Å². The second kappa shape index (κ2) is 9.29. The molecule has 0 saturated heterocycles. The van der Waals surface area contributed by atoms with Crippen LogP contribution in [0.3, 0.4) is 0 Å². The third-order valence-corrected chi connectivity index (χ3v) is 4.63. The molecule has 164 valence electrons. The molecule has 0 aliphatic rings. The first-order valence-corrected chi connectivity index (χ1v) is 9.70. The summed E-state index contributed by atoms with van der Waals surface area (Å²) in [5.74, 6) is 1.16. The van der Waals surface area contributed by atoms with Crippen molar-refractivity contribution in [3.63, 3.8) is 0 Å². The van der Waals surface area contributed by atoms with Crippen molar-refractivity contribution in [1.82, 2.24) is 25.1 Å². The van der Waals surface area contributed by atoms with Crippen LogP contribution in [0.2, 0.25) is 0 Å². The molecule has 0 aliphatic carbocycles. The number of hydrogen-bond donors (Lipinski definition) is 1. The molecule has 1 amide bonds. The average molecular weight is 437 g/mol. The number of carbonyl (C=O) groups is 1. The number of aromatic nitrogens is 4. The summed E-state index contributed by atoms with van der Waals surface area (Å²) < 4.78 is 30.8. The Labute approximate surface area is 182 Å². The lowest BCUT2D eigenvalue weighted by Crippen LogP contribution is -2.28. The number of nitrogens with one attached hydrogen (secondary N) is 1. The van der Waals surface area contributed by atoms with E-state index in [9.17, 15) is 9.18 Å². The van der Waals surface area contributed by atoms with E-state index in [-0.39, 0.29) is 24.9 Å². The standard InChI is InChI=1S/C22H20FN5O4/c1-30-16-7-8-17(18(13-16)31-2)22(29)24-11-12-32-20-10-9-19-25-26-21(28(19)27-20)14-3-5-15(23)6-4-14/h3-10,13H,11-12H2,1-2H3,(H,24,29). The van der Waals surface area contributed by atoms with Crippen LogP contribution in [0.4, 0.5) is 4.39 Å². The van der Waals surface area contributed by atoms with Crippen molar-refractivity contribution in [1.29, 1.82) is 0 Å². The molecule has 0 spiro atoms. The van der Waals surface area contributed by atoms with Crippen LogP contribution in [0, 0.1) is 5.82 Å². The molecule has 2 aromatic heterocycles. The van der Waals surface area contributed by atoms with Gasteiger partial charge in [0.1, 0.15) is 23.9 Å². The van der Waals surface area contributed by atoms with Crippen molar-refractivity contribution in [3.05, 3.63) is 66.0 Å². The Morgan fingerprint density at radius 2 is 1.84 bits per heavy atom. The first-order chi connectivity index (χ1) is 15.6. The number of rotatable bonds is 8. The highest BCUT2D eigenvalue weighted by molar-refractivity contribution is 5.97. The van der Waals surface area contributed by atoms with E-state index in [0.29, 0.717) is 40.0 Å². The van der Waals surface area contributed by atoms with Crippen molar-refractivity contribution in [3.8, 4) is 28.8 Å². The number of amides is 1. The predicted molar refractivity (Wildman–Crippen MR) is 114 cm³/mol. The van der Waals surface area contributed by atoms with E-state index in [0.717, 1.165) is 0 Å². The number of carbonyl (C=O) groups excluding carboxylic acids is 1. The molecule has 0 bridgehead atoms. The topological polar surface area (TPSA) is 99.9 Å². The Kier molecular flexibility index (Phi) is 6.11. The molecule has 0 aliphatic heterocycles. The quantitative estimate of drug-likeness (QED) is 0.423. The number of ether oxygens (including phenoxy) is 3. The van der Waals surface area contributed by atoms with Crippen LogP contribution in [-0.2, 0) is 0 Å². The Bertz CT molecular complexity index is 1240. The molecule has 0 atom stereocenters. The van der Waals surface area contributed by atoms with Gasteiger partial charge in [-0.15, -0.1) is 15.3 Å². The SMILES string of the molecule is COc1ccc(C(=O)NCCOc2ccc3nnc(-c4ccc(F)cc4)n3n2)c(OC)c1. The fourth-order valence-electron chi connectivity index (χ4n) is 3.03. The van der Waals surface area contributed by atoms with E-state index in [1.54, 1.807) is 49.6 Å². The van der Waals surface area contributed by atoms with Gasteiger partial charge in [0, 0.05) is 17.7 Å². The first kappa shape index (κ1) is 21.0. The van der Waals surface area contributed by atoms with Crippen molar-refractivity contribution < 1.29 is 23.4 Å². The number of benzene rings is 2. The molecule has 9 nitrogen and oxygen atoms in total. The average Bonchev–Trinajstić information content (AvgIpc) is 3.25. The fourth-order valence-corrected chi connectivity index (χ4v) is 3.03. The van der Waals surface area contributed by atoms with Crippen LogP contribution in [0.25, 0.3) is 17.0 Å². The summed E-state index contributed by atoms with van der Waals surface area (Å²) in [7, 11) is 3.03. The minimum atomic E-state index is -0.339. The van der Waals surface area contributed by atoms with Gasteiger partial charge in [0.25, 0.3) is 5.91 Å². The highest BCUT2D eigenvalue weighted by Crippen LogP contribution is 2.24. The van der Waals surface area contributed by atoms with E-state index in [1.165, 1.54) is 23.8 Å². The molecule has 32 heavy (non-hydrogen) atoms. The summed E-state index contributed by atoms with van der Waals surface area (Å²) in [5, 5.41) is 15.3. The lowest BCUT2D eigenvalue weighted by Gasteiger charge is -2.11. The third-order valence-electron chi connectivity index (χ3n) is 4.63. The van der Waals surface area contributed by atoms with E-state index in [1.807, 2.05) is 0 Å². The van der Waals surface area contributed by atoms with Gasteiger partial charge < -0.3 is 19.5 Å². The van der Waals surface area contributed by atoms with E-state index >= 15 is 0 Å². The smallest absolute Gasteiger partial charge is 0.255 e. The first-order valence-electron chi connectivity index (χ1n) is 9.70. The fraction of sp³-hybridized carbons (Fsp3) is 0.182. The molecule has 1 N–H and O–H groups in total. The van der Waals surface area contributed by atoms with Crippen molar-refractivity contribution in [2.45, 2.75) is 0 Å². The van der Waals surface area contributed by atoms with Crippen molar-refractivity contribution in [2.24, 2.45) is 0 Å². The molecule has 2 heterocycles. The summed E-state index contributed by atoms with van der Waals surface area (Å²) >= 11 is 0. The Balaban J connectivity index is 1.39. The summed E-state index contributed by atoms with van der Waals surface area (Å²) in [6, 6.07) is 14.2. The monoisotopic (exact) mass is 437 g/mol. The Morgan fingerprint density at radius 1 is 1.03 bits per heavy atom. The second-order valence-electron chi connectivity index (χ2n) is 6.64. The second-order valence-corrected chi connectivity index (χ2v) is 6.64. The lowest BCUT2D eigenvalue weighted by atomic mass is 10.1. The molecular weight excluding hydrogens is 417 g/mol. The summed E-state index contributed by atoms with van der Waals surface area (Å²) in [6.07, 6.45) is 0. The van der Waals surface area contributed by atoms with E-state index < -0.39 is 0 Å². The molecule has 4 aromatic rings. The van der Waals surface area contributed by atoms with Gasteiger partial charge in [-0.2, -0.15) is 4.52 Å². The maximum Gasteiger partial charge on any atom is 0.255 e. The maximum atomic E-state index is 13.2. The summed E-state index contributed by atoms with van der Waals surface area (Å²) in [6.45, 7) is 0.442. The zero-order valence-electron chi connectivity index (χ0n) is 17.4. The number of hydrogen-bond acceptors (Lipinski definition) is 7. The number of nitrogens with zero attached hydrogens (tertiary/aromatic N) is 4. The van der Waals surface area contributed by atoms with Gasteiger partial charge in [-0.25, -0.2) is 4.39 Å². The number of fused-ring (bicyclic) bond motifs is 1. The zero-order valence-corrected chi connectivity index (χ0v) is 17.4. The van der Waals surface area contributed by atoms with Gasteiger partial charge in [-0.3, -0.25) is 4.79 Å². The lowest BCUT2D eigenvalue weighted by molar-refractivity contribution is 0.0943. The normalized spacial score (nSPS) is 10.7. The Morgan fingerprint density at radius 3 is 2.59 bits per heavy atom. The van der Waals surface area contributed by atoms with E-state index in [2.05, 4.69) is 20.6 Å². The molecule has 0 fully saturated rings. The minimum Gasteiger partial charge on any atom is -0.497 e. The number of halogens is 1. The van der Waals surface area contributed by atoms with Crippen molar-refractivity contribution in [2.75, 3.05) is 27.4 Å². The minimum absolute atomic E-state index is 0.191. The summed E-state index contributed by atoms with van der Waals surface area (Å²) in [5.41, 5.74) is 1.59. The van der Waals surface area contributed by atoms with Crippen LogP contribution < -0.4 is 19.5 Å². The van der Waals surface area contributed by atoms with Crippen molar-refractivity contribution >= 4 is 11.6 Å². The largest absolute Gasteiger partial charge is 0.497 e. The van der Waals surface area contributed by atoms with Gasteiger partial charge >= 0.3 is 0 Å². The maximum absolute atomic E-state index is 13.2. The van der Waals surface area contributed by atoms with Crippen LogP contribution in [-0.4, -0.2) is 53.1 Å². The van der Waals surface area contributed by atoms with Gasteiger partial charge in [-0.1, -0.05) is 0 Å². The molecule has 10 heteroatoms.